The van der Waals surface area contributed by atoms with Gasteiger partial charge in [0.2, 0.25) is 5.91 Å². The Kier molecular flexibility index (Phi) is 5.15. The van der Waals surface area contributed by atoms with Gasteiger partial charge in [-0.2, -0.15) is 0 Å². The van der Waals surface area contributed by atoms with Crippen LogP contribution in [0.2, 0.25) is 0 Å². The number of amides is 1. The number of aliphatic hydroxyl groups is 1. The first kappa shape index (κ1) is 18.6. The number of nitrogens with zero attached hydrogens (tertiary/aromatic N) is 2. The summed E-state index contributed by atoms with van der Waals surface area (Å²) in [6.07, 6.45) is 3.69. The summed E-state index contributed by atoms with van der Waals surface area (Å²) in [5.41, 5.74) is 3.76. The van der Waals surface area contributed by atoms with E-state index in [1.165, 1.54) is 12.5 Å². The molecule has 0 spiro atoms. The minimum atomic E-state index is -0.650. The zero-order valence-corrected chi connectivity index (χ0v) is 15.7. The van der Waals surface area contributed by atoms with E-state index in [2.05, 4.69) is 15.4 Å². The van der Waals surface area contributed by atoms with Crippen molar-refractivity contribution in [2.75, 3.05) is 25.0 Å². The van der Waals surface area contributed by atoms with Crippen LogP contribution < -0.4 is 5.32 Å². The third kappa shape index (κ3) is 3.65. The average Bonchev–Trinajstić information content (AvgIpc) is 3.33. The van der Waals surface area contributed by atoms with Crippen LogP contribution in [0.3, 0.4) is 0 Å². The molecule has 0 aliphatic carbocycles. The van der Waals surface area contributed by atoms with Crippen LogP contribution in [0.4, 0.5) is 5.69 Å². The van der Waals surface area contributed by atoms with E-state index < -0.39 is 6.10 Å². The van der Waals surface area contributed by atoms with Crippen LogP contribution >= 0.6 is 0 Å². The number of carbonyl (C=O) groups excluding carboxylic acids is 2. The van der Waals surface area contributed by atoms with Gasteiger partial charge in [-0.15, -0.1) is 0 Å². The van der Waals surface area contributed by atoms with E-state index in [0.29, 0.717) is 17.8 Å². The Morgan fingerprint density at radius 3 is 2.89 bits per heavy atom. The van der Waals surface area contributed by atoms with E-state index in [0.717, 1.165) is 42.6 Å². The largest absolute Gasteiger partial charge is 0.457 e. The Hall–Kier alpha value is -2.71. The molecule has 8 nitrogen and oxygen atoms in total. The predicted octanol–water partition coefficient (Wildman–Crippen LogP) is 2.04. The highest BCUT2D eigenvalue weighted by Gasteiger charge is 2.29. The third-order valence-electron chi connectivity index (χ3n) is 5.66. The number of piperidine rings is 1. The third-order valence-corrected chi connectivity index (χ3v) is 5.66. The van der Waals surface area contributed by atoms with E-state index in [1.54, 1.807) is 6.07 Å². The predicted molar refractivity (Wildman–Crippen MR) is 99.6 cm³/mol. The molecule has 1 aromatic heterocycles. The van der Waals surface area contributed by atoms with Crippen molar-refractivity contribution in [3.8, 4) is 0 Å². The SMILES string of the molecule is Cc1c([C@@H](O)CN2CCC(C(=O)Nc3cnoc3)CC2)ccc2c1COC2=O. The fourth-order valence-corrected chi connectivity index (χ4v) is 3.96. The smallest absolute Gasteiger partial charge is 0.338 e. The van der Waals surface area contributed by atoms with Gasteiger partial charge in [0.1, 0.15) is 18.6 Å². The van der Waals surface area contributed by atoms with Crippen molar-refractivity contribution >= 4 is 17.6 Å². The van der Waals surface area contributed by atoms with Crippen LogP contribution in [0.15, 0.2) is 29.1 Å². The highest BCUT2D eigenvalue weighted by atomic mass is 16.5. The fourth-order valence-electron chi connectivity index (χ4n) is 3.96. The lowest BCUT2D eigenvalue weighted by Gasteiger charge is -2.32. The van der Waals surface area contributed by atoms with Crippen LogP contribution in [0.5, 0.6) is 0 Å². The van der Waals surface area contributed by atoms with Crippen molar-refractivity contribution in [3.63, 3.8) is 0 Å². The molecular formula is C20H23N3O5. The van der Waals surface area contributed by atoms with Crippen molar-refractivity contribution in [2.45, 2.75) is 32.5 Å². The second kappa shape index (κ2) is 7.73. The van der Waals surface area contributed by atoms with Gasteiger partial charge in [-0.05, 0) is 50.0 Å². The van der Waals surface area contributed by atoms with Gasteiger partial charge in [0.15, 0.2) is 0 Å². The maximum absolute atomic E-state index is 12.3. The molecule has 0 radical (unpaired) electrons. The number of esters is 1. The highest BCUT2D eigenvalue weighted by molar-refractivity contribution is 5.94. The molecule has 2 aliphatic heterocycles. The topological polar surface area (TPSA) is 105 Å². The molecule has 28 heavy (non-hydrogen) atoms. The normalized spacial score (nSPS) is 18.6. The summed E-state index contributed by atoms with van der Waals surface area (Å²) in [5.74, 6) is -0.388. The van der Waals surface area contributed by atoms with Crippen LogP contribution in [0, 0.1) is 12.8 Å². The van der Waals surface area contributed by atoms with Gasteiger partial charge >= 0.3 is 5.97 Å². The van der Waals surface area contributed by atoms with Gasteiger partial charge in [0, 0.05) is 18.0 Å². The van der Waals surface area contributed by atoms with Crippen molar-refractivity contribution in [3.05, 3.63) is 46.8 Å². The summed E-state index contributed by atoms with van der Waals surface area (Å²) in [6.45, 7) is 4.16. The van der Waals surface area contributed by atoms with Gasteiger partial charge in [0.05, 0.1) is 17.9 Å². The summed E-state index contributed by atoms with van der Waals surface area (Å²) >= 11 is 0. The number of nitrogens with one attached hydrogen (secondary N) is 1. The number of carbonyl (C=O) groups is 2. The van der Waals surface area contributed by atoms with Gasteiger partial charge < -0.3 is 24.6 Å². The molecule has 1 saturated heterocycles. The molecule has 1 aromatic carbocycles. The number of hydrogen-bond acceptors (Lipinski definition) is 7. The molecule has 3 heterocycles. The number of hydrogen-bond donors (Lipinski definition) is 2. The maximum Gasteiger partial charge on any atom is 0.338 e. The summed E-state index contributed by atoms with van der Waals surface area (Å²) in [5, 5.41) is 17.1. The zero-order valence-electron chi connectivity index (χ0n) is 15.7. The lowest BCUT2D eigenvalue weighted by atomic mass is 9.93. The highest BCUT2D eigenvalue weighted by Crippen LogP contribution is 2.30. The Morgan fingerprint density at radius 1 is 1.39 bits per heavy atom. The number of aliphatic hydroxyl groups excluding tert-OH is 1. The van der Waals surface area contributed by atoms with Crippen molar-refractivity contribution in [1.82, 2.24) is 10.1 Å². The number of anilines is 1. The lowest BCUT2D eigenvalue weighted by molar-refractivity contribution is -0.121. The standard InChI is InChI=1S/C20H23N3O5/c1-12-15(2-3-16-17(12)11-27-20(16)26)18(24)9-23-6-4-13(5-7-23)19(25)22-14-8-21-28-10-14/h2-3,8,10,13,18,24H,4-7,9,11H2,1H3,(H,22,25)/t18-/m0/s1. The Labute approximate surface area is 162 Å². The Balaban J connectivity index is 1.32. The van der Waals surface area contributed by atoms with E-state index in [4.69, 9.17) is 9.26 Å². The Bertz CT molecular complexity index is 872. The molecule has 1 fully saturated rings. The van der Waals surface area contributed by atoms with Gasteiger partial charge in [0.25, 0.3) is 0 Å². The molecule has 8 heteroatoms. The number of likely N-dealkylation sites (tertiary alicyclic amines) is 1. The first-order valence-electron chi connectivity index (χ1n) is 9.43. The van der Waals surface area contributed by atoms with Gasteiger partial charge in [-0.25, -0.2) is 4.79 Å². The van der Waals surface area contributed by atoms with Crippen molar-refractivity contribution < 1.29 is 24.0 Å². The van der Waals surface area contributed by atoms with Crippen LogP contribution in [0.25, 0.3) is 0 Å². The number of cyclic esters (lactones) is 1. The molecule has 2 aliphatic rings. The number of aromatic nitrogens is 1. The molecule has 0 unspecified atom stereocenters. The first-order valence-corrected chi connectivity index (χ1v) is 9.43. The van der Waals surface area contributed by atoms with Crippen LogP contribution in [-0.2, 0) is 16.1 Å². The lowest BCUT2D eigenvalue weighted by Crippen LogP contribution is -2.40. The second-order valence-corrected chi connectivity index (χ2v) is 7.38. The number of β-amino-alcohol motifs (C(OH)–C–C–N with tert-alkyl or cyclic N) is 1. The first-order chi connectivity index (χ1) is 13.5. The van der Waals surface area contributed by atoms with E-state index in [1.807, 2.05) is 13.0 Å². The molecular weight excluding hydrogens is 362 g/mol. The number of ether oxygens (including phenoxy) is 1. The van der Waals surface area contributed by atoms with Crippen molar-refractivity contribution in [1.29, 1.82) is 0 Å². The second-order valence-electron chi connectivity index (χ2n) is 7.38. The molecule has 1 amide bonds. The Morgan fingerprint density at radius 2 is 2.18 bits per heavy atom. The van der Waals surface area contributed by atoms with E-state index >= 15 is 0 Å². The van der Waals surface area contributed by atoms with E-state index in [-0.39, 0.29) is 24.4 Å². The molecule has 2 N–H and O–H groups in total. The fraction of sp³-hybridized carbons (Fsp3) is 0.450. The maximum atomic E-state index is 12.3. The molecule has 0 saturated carbocycles. The van der Waals surface area contributed by atoms with Gasteiger partial charge in [-0.3, -0.25) is 4.79 Å². The number of benzene rings is 1. The average molecular weight is 385 g/mol. The van der Waals surface area contributed by atoms with E-state index in [9.17, 15) is 14.7 Å². The number of rotatable bonds is 5. The molecule has 2 aromatic rings. The summed E-state index contributed by atoms with van der Waals surface area (Å²) < 4.78 is 9.80. The molecule has 4 rings (SSSR count). The van der Waals surface area contributed by atoms with Crippen molar-refractivity contribution in [2.24, 2.45) is 5.92 Å². The van der Waals surface area contributed by atoms with Crippen LogP contribution in [-0.4, -0.2) is 46.7 Å². The number of fused-ring (bicyclic) bond motifs is 1. The molecule has 148 valence electrons. The van der Waals surface area contributed by atoms with Gasteiger partial charge in [-0.1, -0.05) is 11.2 Å². The quantitative estimate of drug-likeness (QED) is 0.759. The van der Waals surface area contributed by atoms with Crippen LogP contribution in [0.1, 0.15) is 46.0 Å². The monoisotopic (exact) mass is 385 g/mol. The minimum absolute atomic E-state index is 0.0254. The summed E-state index contributed by atoms with van der Waals surface area (Å²) in [6, 6.07) is 3.54. The summed E-state index contributed by atoms with van der Waals surface area (Å²) in [7, 11) is 0. The molecule has 0 bridgehead atoms. The summed E-state index contributed by atoms with van der Waals surface area (Å²) in [4.78, 5) is 26.1. The molecule has 1 atom stereocenters. The zero-order chi connectivity index (χ0) is 19.7. The minimum Gasteiger partial charge on any atom is -0.457 e.